The molecule has 16 heavy (non-hydrogen) atoms. The van der Waals surface area contributed by atoms with E-state index in [1.54, 1.807) is 23.5 Å². The van der Waals surface area contributed by atoms with Crippen molar-refractivity contribution < 1.29 is 8.60 Å². The van der Waals surface area contributed by atoms with Crippen molar-refractivity contribution in [2.75, 3.05) is 0 Å². The molecule has 0 radical (unpaired) electrons. The normalized spacial score (nSPS) is 12.6. The summed E-state index contributed by atoms with van der Waals surface area (Å²) in [5, 5.41) is 1.96. The van der Waals surface area contributed by atoms with Crippen molar-refractivity contribution in [2.24, 2.45) is 0 Å². The molecule has 0 saturated heterocycles. The summed E-state index contributed by atoms with van der Waals surface area (Å²) in [4.78, 5) is 1.71. The molecule has 1 unspecified atom stereocenters. The fourth-order valence-electron chi connectivity index (χ4n) is 1.23. The number of hydrogen-bond acceptors (Lipinski definition) is 2. The highest BCUT2D eigenvalue weighted by atomic mass is 79.9. The molecule has 0 aliphatic heterocycles. The molecule has 0 fully saturated rings. The Morgan fingerprint density at radius 1 is 1.31 bits per heavy atom. The first-order valence-corrected chi connectivity index (χ1v) is 7.51. The molecular formula is C11H8BrFOS2. The van der Waals surface area contributed by atoms with Gasteiger partial charge in [0.05, 0.1) is 16.6 Å². The van der Waals surface area contributed by atoms with Gasteiger partial charge in [0, 0.05) is 19.6 Å². The van der Waals surface area contributed by atoms with E-state index in [1.807, 2.05) is 11.4 Å². The lowest BCUT2D eigenvalue weighted by Gasteiger charge is -1.99. The molecule has 0 amide bonds. The predicted octanol–water partition coefficient (Wildman–Crippen LogP) is 3.96. The Bertz CT molecular complexity index is 507. The van der Waals surface area contributed by atoms with E-state index in [0.29, 0.717) is 10.6 Å². The quantitative estimate of drug-likeness (QED) is 0.837. The van der Waals surface area contributed by atoms with Crippen molar-refractivity contribution in [3.05, 3.63) is 50.9 Å². The van der Waals surface area contributed by atoms with Gasteiger partial charge in [-0.15, -0.1) is 11.3 Å². The first kappa shape index (κ1) is 12.0. The summed E-state index contributed by atoms with van der Waals surface area (Å²) in [5.74, 6) is 0.168. The van der Waals surface area contributed by atoms with Crippen molar-refractivity contribution in [3.63, 3.8) is 0 Å². The Hall–Kier alpha value is -0.520. The van der Waals surface area contributed by atoms with E-state index in [-0.39, 0.29) is 5.82 Å². The van der Waals surface area contributed by atoms with Crippen LogP contribution in [0.3, 0.4) is 0 Å². The number of halogens is 2. The summed E-state index contributed by atoms with van der Waals surface area (Å²) in [6, 6.07) is 7.74. The second-order valence-electron chi connectivity index (χ2n) is 3.18. The molecule has 0 saturated carbocycles. The van der Waals surface area contributed by atoms with Crippen molar-refractivity contribution in [2.45, 2.75) is 10.6 Å². The van der Waals surface area contributed by atoms with E-state index in [0.717, 1.165) is 9.35 Å². The van der Waals surface area contributed by atoms with Crippen LogP contribution in [0.5, 0.6) is 0 Å². The monoisotopic (exact) mass is 318 g/mol. The fourth-order valence-corrected chi connectivity index (χ4v) is 4.00. The minimum Gasteiger partial charge on any atom is -0.254 e. The smallest absolute Gasteiger partial charge is 0.123 e. The van der Waals surface area contributed by atoms with Crippen molar-refractivity contribution in [3.8, 4) is 0 Å². The van der Waals surface area contributed by atoms with Crippen molar-refractivity contribution in [1.29, 1.82) is 0 Å². The van der Waals surface area contributed by atoms with Gasteiger partial charge in [-0.05, 0) is 46.3 Å². The second kappa shape index (κ2) is 5.21. The van der Waals surface area contributed by atoms with Crippen LogP contribution in [-0.2, 0) is 16.6 Å². The van der Waals surface area contributed by atoms with E-state index in [2.05, 4.69) is 15.9 Å². The molecule has 1 atom stereocenters. The van der Waals surface area contributed by atoms with Crippen LogP contribution < -0.4 is 0 Å². The Labute approximate surface area is 108 Å². The van der Waals surface area contributed by atoms with E-state index in [1.165, 1.54) is 12.1 Å². The topological polar surface area (TPSA) is 17.1 Å². The predicted molar refractivity (Wildman–Crippen MR) is 68.5 cm³/mol. The minimum absolute atomic E-state index is 0.306. The Morgan fingerprint density at radius 3 is 2.56 bits per heavy atom. The van der Waals surface area contributed by atoms with Gasteiger partial charge in [0.25, 0.3) is 0 Å². The van der Waals surface area contributed by atoms with Crippen LogP contribution >= 0.6 is 27.3 Å². The third kappa shape index (κ3) is 2.99. The summed E-state index contributed by atoms with van der Waals surface area (Å²) in [5.41, 5.74) is 0. The van der Waals surface area contributed by atoms with Gasteiger partial charge in [0.2, 0.25) is 0 Å². The zero-order valence-electron chi connectivity index (χ0n) is 8.15. The summed E-state index contributed by atoms with van der Waals surface area (Å²) in [7, 11) is -1.11. The van der Waals surface area contributed by atoms with E-state index in [9.17, 15) is 8.60 Å². The molecule has 5 heteroatoms. The molecule has 1 nitrogen and oxygen atoms in total. The Balaban J connectivity index is 2.11. The maximum absolute atomic E-state index is 12.7. The van der Waals surface area contributed by atoms with E-state index < -0.39 is 10.8 Å². The molecule has 0 aliphatic carbocycles. The van der Waals surface area contributed by atoms with Gasteiger partial charge in [-0.1, -0.05) is 0 Å². The van der Waals surface area contributed by atoms with Gasteiger partial charge >= 0.3 is 0 Å². The summed E-state index contributed by atoms with van der Waals surface area (Å²) in [6.07, 6.45) is 0. The maximum Gasteiger partial charge on any atom is 0.123 e. The summed E-state index contributed by atoms with van der Waals surface area (Å²) in [6.45, 7) is 0. The number of hydrogen-bond donors (Lipinski definition) is 0. The molecule has 1 aromatic heterocycles. The first-order valence-electron chi connectivity index (χ1n) is 4.52. The standard InChI is InChI=1S/C11H8BrFOS2/c12-8-5-10(15-6-8)7-16(14)11-3-1-9(13)2-4-11/h1-6H,7H2. The number of benzene rings is 1. The largest absolute Gasteiger partial charge is 0.254 e. The molecular weight excluding hydrogens is 311 g/mol. The zero-order valence-corrected chi connectivity index (χ0v) is 11.4. The lowest BCUT2D eigenvalue weighted by molar-refractivity contribution is 0.626. The van der Waals surface area contributed by atoms with Gasteiger partial charge in [-0.3, -0.25) is 4.21 Å². The average molecular weight is 319 g/mol. The zero-order chi connectivity index (χ0) is 11.5. The Morgan fingerprint density at radius 2 is 2.00 bits per heavy atom. The molecule has 0 N–H and O–H groups in total. The van der Waals surface area contributed by atoms with Gasteiger partial charge in [-0.2, -0.15) is 0 Å². The van der Waals surface area contributed by atoms with Gasteiger partial charge in [0.15, 0.2) is 0 Å². The van der Waals surface area contributed by atoms with Crippen LogP contribution in [0.4, 0.5) is 4.39 Å². The fraction of sp³-hybridized carbons (Fsp3) is 0.0909. The number of rotatable bonds is 3. The van der Waals surface area contributed by atoms with Gasteiger partial charge < -0.3 is 0 Å². The highest BCUT2D eigenvalue weighted by Gasteiger charge is 2.07. The van der Waals surface area contributed by atoms with Crippen LogP contribution in [0.25, 0.3) is 0 Å². The van der Waals surface area contributed by atoms with E-state index >= 15 is 0 Å². The van der Waals surface area contributed by atoms with Crippen LogP contribution in [0.15, 0.2) is 45.1 Å². The van der Waals surface area contributed by atoms with E-state index in [4.69, 9.17) is 0 Å². The lowest BCUT2D eigenvalue weighted by atomic mass is 10.4. The maximum atomic E-state index is 12.7. The molecule has 84 valence electrons. The SMILES string of the molecule is O=S(Cc1cc(Br)cs1)c1ccc(F)cc1. The first-order chi connectivity index (χ1) is 7.65. The Kier molecular flexibility index (Phi) is 3.89. The molecule has 2 rings (SSSR count). The third-order valence-electron chi connectivity index (χ3n) is 1.97. The van der Waals surface area contributed by atoms with Crippen LogP contribution in [0.1, 0.15) is 4.88 Å². The molecule has 0 aliphatic rings. The van der Waals surface area contributed by atoms with Crippen LogP contribution in [0.2, 0.25) is 0 Å². The second-order valence-corrected chi connectivity index (χ2v) is 6.54. The third-order valence-corrected chi connectivity index (χ3v) is 5.22. The van der Waals surface area contributed by atoms with Crippen LogP contribution in [-0.4, -0.2) is 4.21 Å². The highest BCUT2D eigenvalue weighted by Crippen LogP contribution is 2.22. The molecule has 0 bridgehead atoms. The average Bonchev–Trinajstić information content (AvgIpc) is 2.65. The summed E-state index contributed by atoms with van der Waals surface area (Å²) >= 11 is 4.91. The lowest BCUT2D eigenvalue weighted by Crippen LogP contribution is -1.94. The van der Waals surface area contributed by atoms with Crippen LogP contribution in [0, 0.1) is 5.82 Å². The van der Waals surface area contributed by atoms with Gasteiger partial charge in [-0.25, -0.2) is 4.39 Å². The van der Waals surface area contributed by atoms with Crippen molar-refractivity contribution in [1.82, 2.24) is 0 Å². The molecule has 0 spiro atoms. The highest BCUT2D eigenvalue weighted by molar-refractivity contribution is 9.10. The molecule has 1 heterocycles. The number of thiophene rings is 1. The van der Waals surface area contributed by atoms with Crippen molar-refractivity contribution >= 4 is 38.1 Å². The minimum atomic E-state index is -1.11. The summed E-state index contributed by atoms with van der Waals surface area (Å²) < 4.78 is 25.6. The molecule has 1 aromatic carbocycles. The van der Waals surface area contributed by atoms with Gasteiger partial charge in [0.1, 0.15) is 5.82 Å². The molecule has 2 aromatic rings.